The van der Waals surface area contributed by atoms with E-state index in [-0.39, 0.29) is 16.6 Å². The molecule has 0 radical (unpaired) electrons. The van der Waals surface area contributed by atoms with E-state index >= 15 is 0 Å². The van der Waals surface area contributed by atoms with Gasteiger partial charge in [0.15, 0.2) is 5.78 Å². The number of hydrogen-bond acceptors (Lipinski definition) is 2. The fourth-order valence-corrected chi connectivity index (χ4v) is 2.32. The van der Waals surface area contributed by atoms with Gasteiger partial charge in [0.25, 0.3) is 0 Å². The molecule has 116 valence electrons. The van der Waals surface area contributed by atoms with Crippen molar-refractivity contribution >= 4 is 11.5 Å². The monoisotopic (exact) mass is 287 g/mol. The molecule has 1 aromatic carbocycles. The molecule has 2 nitrogen and oxygen atoms in total. The first-order chi connectivity index (χ1) is 9.41. The first kappa shape index (κ1) is 17.5. The van der Waals surface area contributed by atoms with Crippen molar-refractivity contribution in [2.45, 2.75) is 66.2 Å². The molecule has 0 aliphatic carbocycles. The van der Waals surface area contributed by atoms with Crippen molar-refractivity contribution in [1.29, 1.82) is 0 Å². The Hall–Kier alpha value is -1.57. The largest absolute Gasteiger partial charge is 0.359 e. The Bertz CT molecular complexity index is 554. The van der Waals surface area contributed by atoms with Gasteiger partial charge in [-0.1, -0.05) is 53.7 Å². The van der Waals surface area contributed by atoms with Gasteiger partial charge in [-0.3, -0.25) is 4.79 Å². The molecule has 1 N–H and O–H groups in total. The molecule has 0 saturated heterocycles. The molecule has 0 aliphatic rings. The summed E-state index contributed by atoms with van der Waals surface area (Å²) in [6, 6.07) is 6.61. The summed E-state index contributed by atoms with van der Waals surface area (Å²) >= 11 is 0. The second-order valence-electron chi connectivity index (χ2n) is 7.82. The lowest BCUT2D eigenvalue weighted by Crippen LogP contribution is -2.17. The molecule has 0 unspecified atom stereocenters. The quantitative estimate of drug-likeness (QED) is 0.775. The van der Waals surface area contributed by atoms with Gasteiger partial charge in [-0.25, -0.2) is 0 Å². The van der Waals surface area contributed by atoms with Crippen molar-refractivity contribution in [3.05, 3.63) is 41.1 Å². The molecular weight excluding hydrogens is 258 g/mol. The van der Waals surface area contributed by atoms with Gasteiger partial charge in [0.1, 0.15) is 0 Å². The van der Waals surface area contributed by atoms with Crippen LogP contribution in [-0.2, 0) is 15.6 Å². The van der Waals surface area contributed by atoms with Crippen LogP contribution in [0.4, 0.5) is 5.69 Å². The maximum atomic E-state index is 11.2. The summed E-state index contributed by atoms with van der Waals surface area (Å²) in [5.41, 5.74) is 4.66. The highest BCUT2D eigenvalue weighted by Gasteiger charge is 2.21. The lowest BCUT2D eigenvalue weighted by Gasteiger charge is -2.27. The number of carbonyl (C=O) groups excluding carboxylic acids is 1. The summed E-state index contributed by atoms with van der Waals surface area (Å²) in [6.07, 6.45) is 1.64. The Morgan fingerprint density at radius 3 is 2.00 bits per heavy atom. The molecule has 0 heterocycles. The molecule has 0 spiro atoms. The maximum absolute atomic E-state index is 11.2. The SMILES string of the molecule is CC(=O)/C=C(/C)Nc1cc(C(C)(C)C)ccc1C(C)(C)C. The minimum Gasteiger partial charge on any atom is -0.359 e. The molecule has 21 heavy (non-hydrogen) atoms. The van der Waals surface area contributed by atoms with Gasteiger partial charge in [0, 0.05) is 11.4 Å². The standard InChI is InChI=1S/C19H29NO/c1-13(11-14(2)21)20-17-12-15(18(3,4)5)9-10-16(17)19(6,7)8/h9-12,20H,1-8H3/b13-11-. The van der Waals surface area contributed by atoms with E-state index < -0.39 is 0 Å². The summed E-state index contributed by atoms with van der Waals surface area (Å²) in [5, 5.41) is 3.40. The molecule has 0 aromatic heterocycles. The van der Waals surface area contributed by atoms with E-state index in [1.54, 1.807) is 13.0 Å². The second-order valence-corrected chi connectivity index (χ2v) is 7.82. The predicted octanol–water partition coefficient (Wildman–Crippen LogP) is 5.19. The van der Waals surface area contributed by atoms with Crippen molar-refractivity contribution in [3.8, 4) is 0 Å². The zero-order chi connectivity index (χ0) is 16.4. The molecule has 1 aromatic rings. The van der Waals surface area contributed by atoms with Gasteiger partial charge in [-0.15, -0.1) is 0 Å². The van der Waals surface area contributed by atoms with Crippen LogP contribution < -0.4 is 5.32 Å². The van der Waals surface area contributed by atoms with E-state index in [1.165, 1.54) is 11.1 Å². The highest BCUT2D eigenvalue weighted by Crippen LogP contribution is 2.34. The third kappa shape index (κ3) is 5.04. The first-order valence-electron chi connectivity index (χ1n) is 7.52. The van der Waals surface area contributed by atoms with Gasteiger partial charge in [0.2, 0.25) is 0 Å². The van der Waals surface area contributed by atoms with Crippen LogP contribution in [0.15, 0.2) is 30.0 Å². The van der Waals surface area contributed by atoms with Crippen LogP contribution in [0.25, 0.3) is 0 Å². The summed E-state index contributed by atoms with van der Waals surface area (Å²) in [6.45, 7) is 16.7. The number of nitrogens with one attached hydrogen (secondary N) is 1. The van der Waals surface area contributed by atoms with E-state index in [0.717, 1.165) is 11.4 Å². The Balaban J connectivity index is 3.33. The number of hydrogen-bond donors (Lipinski definition) is 1. The summed E-state index contributed by atoms with van der Waals surface area (Å²) < 4.78 is 0. The van der Waals surface area contributed by atoms with Crippen LogP contribution in [0.1, 0.15) is 66.5 Å². The Kier molecular flexibility index (Phi) is 5.03. The average Bonchev–Trinajstić information content (AvgIpc) is 2.24. The highest BCUT2D eigenvalue weighted by atomic mass is 16.1. The lowest BCUT2D eigenvalue weighted by atomic mass is 9.81. The van der Waals surface area contributed by atoms with E-state index in [0.29, 0.717) is 0 Å². The van der Waals surface area contributed by atoms with Crippen molar-refractivity contribution in [2.24, 2.45) is 0 Å². The van der Waals surface area contributed by atoms with Gasteiger partial charge in [-0.05, 0) is 47.9 Å². The molecule has 0 aliphatic heterocycles. The normalized spacial score (nSPS) is 13.2. The van der Waals surface area contributed by atoms with Crippen molar-refractivity contribution in [2.75, 3.05) is 5.32 Å². The minimum atomic E-state index is 0.0508. The third-order valence-corrected chi connectivity index (χ3v) is 3.45. The molecular formula is C19H29NO. The fourth-order valence-electron chi connectivity index (χ4n) is 2.32. The summed E-state index contributed by atoms with van der Waals surface area (Å²) in [5.74, 6) is 0.0595. The van der Waals surface area contributed by atoms with Gasteiger partial charge >= 0.3 is 0 Å². The number of carbonyl (C=O) groups is 1. The number of rotatable bonds is 3. The first-order valence-corrected chi connectivity index (χ1v) is 7.52. The van der Waals surface area contributed by atoms with Gasteiger partial charge in [0.05, 0.1) is 0 Å². The zero-order valence-corrected chi connectivity index (χ0v) is 14.7. The molecule has 0 fully saturated rings. The number of ketones is 1. The fraction of sp³-hybridized carbons (Fsp3) is 0.526. The Morgan fingerprint density at radius 2 is 1.57 bits per heavy atom. The highest BCUT2D eigenvalue weighted by molar-refractivity contribution is 5.88. The van der Waals surface area contributed by atoms with Gasteiger partial charge in [-0.2, -0.15) is 0 Å². The molecule has 0 amide bonds. The minimum absolute atomic E-state index is 0.0508. The molecule has 1 rings (SSSR count). The number of benzene rings is 1. The predicted molar refractivity (Wildman–Crippen MR) is 91.9 cm³/mol. The molecule has 0 atom stereocenters. The smallest absolute Gasteiger partial charge is 0.154 e. The average molecular weight is 287 g/mol. The third-order valence-electron chi connectivity index (χ3n) is 3.45. The van der Waals surface area contributed by atoms with E-state index in [1.807, 2.05) is 6.92 Å². The molecule has 2 heteroatoms. The Morgan fingerprint density at radius 1 is 1.00 bits per heavy atom. The van der Waals surface area contributed by atoms with Crippen LogP contribution in [0.5, 0.6) is 0 Å². The summed E-state index contributed by atoms with van der Waals surface area (Å²) in [4.78, 5) is 11.2. The number of anilines is 1. The van der Waals surface area contributed by atoms with Crippen LogP contribution in [0, 0.1) is 0 Å². The van der Waals surface area contributed by atoms with E-state index in [4.69, 9.17) is 0 Å². The van der Waals surface area contributed by atoms with Crippen LogP contribution in [-0.4, -0.2) is 5.78 Å². The lowest BCUT2D eigenvalue weighted by molar-refractivity contribution is -0.112. The topological polar surface area (TPSA) is 29.1 Å². The number of allylic oxidation sites excluding steroid dienone is 2. The van der Waals surface area contributed by atoms with Crippen molar-refractivity contribution in [3.63, 3.8) is 0 Å². The van der Waals surface area contributed by atoms with Crippen molar-refractivity contribution < 1.29 is 4.79 Å². The Labute approximate surface area is 129 Å². The summed E-state index contributed by atoms with van der Waals surface area (Å²) in [7, 11) is 0. The zero-order valence-electron chi connectivity index (χ0n) is 14.7. The van der Waals surface area contributed by atoms with Crippen LogP contribution >= 0.6 is 0 Å². The molecule has 0 saturated carbocycles. The van der Waals surface area contributed by atoms with Crippen LogP contribution in [0.2, 0.25) is 0 Å². The van der Waals surface area contributed by atoms with Crippen molar-refractivity contribution in [1.82, 2.24) is 0 Å². The molecule has 0 bridgehead atoms. The van der Waals surface area contributed by atoms with E-state index in [2.05, 4.69) is 65.1 Å². The second kappa shape index (κ2) is 6.05. The maximum Gasteiger partial charge on any atom is 0.154 e. The van der Waals surface area contributed by atoms with E-state index in [9.17, 15) is 4.79 Å². The van der Waals surface area contributed by atoms with Crippen LogP contribution in [0.3, 0.4) is 0 Å². The van der Waals surface area contributed by atoms with Gasteiger partial charge < -0.3 is 5.32 Å².